The molecular weight excluding hydrogens is 394 g/mol. The third-order valence-corrected chi connectivity index (χ3v) is 5.98. The maximum atomic E-state index is 12.7. The normalized spacial score (nSPS) is 16.0. The summed E-state index contributed by atoms with van der Waals surface area (Å²) < 4.78 is 27.4. The Morgan fingerprint density at radius 2 is 1.45 bits per heavy atom. The number of carbonyl (C=O) groups is 1. The van der Waals surface area contributed by atoms with Gasteiger partial charge in [0.1, 0.15) is 16.9 Å². The second-order valence-corrected chi connectivity index (χ2v) is 7.36. The summed E-state index contributed by atoms with van der Waals surface area (Å²) in [5, 5.41) is -0.229. The van der Waals surface area contributed by atoms with Crippen LogP contribution in [0, 0.1) is 0 Å². The lowest BCUT2D eigenvalue weighted by molar-refractivity contribution is -0.128. The molecule has 0 saturated carbocycles. The fourth-order valence-corrected chi connectivity index (χ4v) is 4.65. The van der Waals surface area contributed by atoms with Crippen molar-refractivity contribution in [2.75, 3.05) is 41.3 Å². The van der Waals surface area contributed by atoms with E-state index in [9.17, 15) is 4.79 Å². The first-order chi connectivity index (χ1) is 14.1. The highest BCUT2D eigenvalue weighted by Crippen LogP contribution is 2.48. The summed E-state index contributed by atoms with van der Waals surface area (Å²) in [6.45, 7) is 0.383. The van der Waals surface area contributed by atoms with Gasteiger partial charge >= 0.3 is 0 Å². The number of hydrogen-bond acceptors (Lipinski definition) is 7. The van der Waals surface area contributed by atoms with Crippen LogP contribution >= 0.6 is 11.8 Å². The topological polar surface area (TPSA) is 66.5 Å². The highest BCUT2D eigenvalue weighted by Gasteiger charge is 2.36. The third-order valence-electron chi connectivity index (χ3n) is 4.76. The highest BCUT2D eigenvalue weighted by molar-refractivity contribution is 8.00. The smallest absolute Gasteiger partial charge is 0.234 e. The van der Waals surface area contributed by atoms with Gasteiger partial charge in [-0.15, -0.1) is 11.8 Å². The van der Waals surface area contributed by atoms with Crippen molar-refractivity contribution in [2.24, 2.45) is 0 Å². The number of hydrogen-bond donors (Lipinski definition) is 0. The van der Waals surface area contributed by atoms with Crippen LogP contribution in [-0.4, -0.2) is 52.1 Å². The summed E-state index contributed by atoms with van der Waals surface area (Å²) in [6, 6.07) is 9.33. The van der Waals surface area contributed by atoms with Crippen molar-refractivity contribution in [1.82, 2.24) is 4.90 Å². The molecule has 0 spiro atoms. The van der Waals surface area contributed by atoms with Crippen LogP contribution in [0.2, 0.25) is 0 Å². The molecule has 1 fully saturated rings. The molecule has 3 rings (SSSR count). The zero-order valence-corrected chi connectivity index (χ0v) is 18.0. The summed E-state index contributed by atoms with van der Waals surface area (Å²) in [5.41, 5.74) is 1.72. The largest absolute Gasteiger partial charge is 0.496 e. The van der Waals surface area contributed by atoms with Crippen molar-refractivity contribution >= 4 is 17.7 Å². The fraction of sp³-hybridized carbons (Fsp3) is 0.381. The molecule has 0 N–H and O–H groups in total. The molecule has 1 atom stereocenters. The molecule has 0 bridgehead atoms. The van der Waals surface area contributed by atoms with Crippen molar-refractivity contribution in [3.8, 4) is 28.7 Å². The quantitative estimate of drug-likeness (QED) is 0.649. The third kappa shape index (κ3) is 4.03. The average molecular weight is 419 g/mol. The number of ether oxygens (including phenoxy) is 5. The number of carbonyl (C=O) groups excluding carboxylic acids is 1. The molecule has 0 radical (unpaired) electrons. The van der Waals surface area contributed by atoms with Crippen LogP contribution in [0.3, 0.4) is 0 Å². The summed E-state index contributed by atoms with van der Waals surface area (Å²) >= 11 is 1.55. The van der Waals surface area contributed by atoms with Gasteiger partial charge in [0.15, 0.2) is 11.5 Å². The standard InChI is InChI=1S/C21H25NO6S/c1-24-14-7-6-8-15(25-2)19(14)21-22(18(23)12-29-21)11-13-9-16(26-3)20(28-5)17(10-13)27-4/h6-10,21H,11-12H2,1-5H3. The maximum Gasteiger partial charge on any atom is 0.234 e. The molecule has 1 heterocycles. The first-order valence-corrected chi connectivity index (χ1v) is 10.0. The van der Waals surface area contributed by atoms with Gasteiger partial charge in [-0.25, -0.2) is 0 Å². The lowest BCUT2D eigenvalue weighted by Gasteiger charge is -2.27. The van der Waals surface area contributed by atoms with E-state index in [-0.39, 0.29) is 11.3 Å². The van der Waals surface area contributed by atoms with E-state index < -0.39 is 0 Å². The van der Waals surface area contributed by atoms with Gasteiger partial charge in [0, 0.05) is 6.54 Å². The molecule has 8 heteroatoms. The number of methoxy groups -OCH3 is 5. The Bertz CT molecular complexity index is 840. The molecule has 2 aromatic rings. The molecule has 7 nitrogen and oxygen atoms in total. The van der Waals surface area contributed by atoms with Crippen LogP contribution in [-0.2, 0) is 11.3 Å². The molecule has 1 amide bonds. The molecule has 1 aliphatic heterocycles. The number of thioether (sulfide) groups is 1. The Hall–Kier alpha value is -2.74. The fourth-order valence-electron chi connectivity index (χ4n) is 3.41. The van der Waals surface area contributed by atoms with Crippen molar-refractivity contribution in [2.45, 2.75) is 11.9 Å². The zero-order valence-electron chi connectivity index (χ0n) is 17.2. The zero-order chi connectivity index (χ0) is 21.0. The van der Waals surface area contributed by atoms with E-state index in [1.807, 2.05) is 35.2 Å². The first kappa shape index (κ1) is 21.0. The second kappa shape index (κ2) is 9.17. The van der Waals surface area contributed by atoms with Crippen molar-refractivity contribution in [3.05, 3.63) is 41.5 Å². The molecule has 156 valence electrons. The lowest BCUT2D eigenvalue weighted by Crippen LogP contribution is -2.28. The molecule has 1 saturated heterocycles. The molecule has 29 heavy (non-hydrogen) atoms. The van der Waals surface area contributed by atoms with Gasteiger partial charge in [-0.05, 0) is 29.8 Å². The van der Waals surface area contributed by atoms with Crippen LogP contribution in [0.4, 0.5) is 0 Å². The maximum absolute atomic E-state index is 12.7. The van der Waals surface area contributed by atoms with Crippen LogP contribution in [0.25, 0.3) is 0 Å². The van der Waals surface area contributed by atoms with E-state index in [1.54, 1.807) is 47.3 Å². The summed E-state index contributed by atoms with van der Waals surface area (Å²) in [6.07, 6.45) is 0. The number of rotatable bonds is 8. The lowest BCUT2D eigenvalue weighted by atomic mass is 10.1. The summed E-state index contributed by atoms with van der Waals surface area (Å²) in [7, 11) is 7.93. The van der Waals surface area contributed by atoms with Gasteiger partial charge in [-0.1, -0.05) is 6.07 Å². The molecule has 1 unspecified atom stereocenters. The minimum atomic E-state index is -0.229. The first-order valence-electron chi connectivity index (χ1n) is 8.98. The minimum absolute atomic E-state index is 0.0433. The Kier molecular flexibility index (Phi) is 6.64. The highest BCUT2D eigenvalue weighted by atomic mass is 32.2. The van der Waals surface area contributed by atoms with Gasteiger partial charge in [0.25, 0.3) is 0 Å². The molecule has 2 aromatic carbocycles. The van der Waals surface area contributed by atoms with Crippen LogP contribution < -0.4 is 23.7 Å². The van der Waals surface area contributed by atoms with Crippen LogP contribution in [0.1, 0.15) is 16.5 Å². The monoisotopic (exact) mass is 419 g/mol. The van der Waals surface area contributed by atoms with E-state index in [0.29, 0.717) is 41.0 Å². The van der Waals surface area contributed by atoms with Gasteiger partial charge < -0.3 is 28.6 Å². The molecule has 0 aliphatic carbocycles. The van der Waals surface area contributed by atoms with E-state index in [1.165, 1.54) is 0 Å². The SMILES string of the molecule is COc1cc(CN2C(=O)CSC2c2c(OC)cccc2OC)cc(OC)c1OC. The van der Waals surface area contributed by atoms with Crippen LogP contribution in [0.15, 0.2) is 30.3 Å². The van der Waals surface area contributed by atoms with E-state index in [2.05, 4.69) is 0 Å². The molecule has 1 aliphatic rings. The van der Waals surface area contributed by atoms with Gasteiger partial charge in [0.2, 0.25) is 11.7 Å². The Morgan fingerprint density at radius 3 is 1.93 bits per heavy atom. The van der Waals surface area contributed by atoms with E-state index >= 15 is 0 Å². The van der Waals surface area contributed by atoms with Crippen molar-refractivity contribution < 1.29 is 28.5 Å². The minimum Gasteiger partial charge on any atom is -0.496 e. The summed E-state index contributed by atoms with van der Waals surface area (Å²) in [5.74, 6) is 3.42. The summed E-state index contributed by atoms with van der Waals surface area (Å²) in [4.78, 5) is 14.5. The average Bonchev–Trinajstić information content (AvgIpc) is 3.11. The van der Waals surface area contributed by atoms with Crippen LogP contribution in [0.5, 0.6) is 28.7 Å². The molecular formula is C21H25NO6S. The number of nitrogens with zero attached hydrogens (tertiary/aromatic N) is 1. The van der Waals surface area contributed by atoms with Crippen molar-refractivity contribution in [3.63, 3.8) is 0 Å². The van der Waals surface area contributed by atoms with Gasteiger partial charge in [-0.2, -0.15) is 0 Å². The Morgan fingerprint density at radius 1 is 0.897 bits per heavy atom. The Labute approximate surface area is 174 Å². The van der Waals surface area contributed by atoms with E-state index in [4.69, 9.17) is 23.7 Å². The van der Waals surface area contributed by atoms with Gasteiger partial charge in [-0.3, -0.25) is 4.79 Å². The predicted octanol–water partition coefficient (Wildman–Crippen LogP) is 3.50. The number of benzene rings is 2. The predicted molar refractivity (Wildman–Crippen MR) is 111 cm³/mol. The van der Waals surface area contributed by atoms with E-state index in [0.717, 1.165) is 11.1 Å². The molecule has 0 aromatic heterocycles. The second-order valence-electron chi connectivity index (χ2n) is 6.29. The van der Waals surface area contributed by atoms with Gasteiger partial charge in [0.05, 0.1) is 46.9 Å². The number of amides is 1. The van der Waals surface area contributed by atoms with Crippen molar-refractivity contribution in [1.29, 1.82) is 0 Å². The Balaban J connectivity index is 2.00.